The Balaban J connectivity index is 1.35. The third-order valence-electron chi connectivity index (χ3n) is 7.75. The molecule has 2 N–H and O–H groups in total. The smallest absolute Gasteiger partial charge is 0.264 e. The predicted molar refractivity (Wildman–Crippen MR) is 181 cm³/mol. The fraction of sp³-hybridized carbons (Fsp3) is 0.211. The molecule has 5 rings (SSSR count). The van der Waals surface area contributed by atoms with Gasteiger partial charge >= 0.3 is 0 Å². The first-order valence-corrected chi connectivity index (χ1v) is 17.0. The molecule has 0 aliphatic carbocycles. The van der Waals surface area contributed by atoms with Crippen LogP contribution in [0.3, 0.4) is 0 Å². The largest absolute Gasteiger partial charge is 0.489 e. The first-order chi connectivity index (χ1) is 22.6. The lowest BCUT2D eigenvalue weighted by molar-refractivity contribution is -0.119. The van der Waals surface area contributed by atoms with Crippen molar-refractivity contribution in [2.24, 2.45) is 5.92 Å². The van der Waals surface area contributed by atoms with E-state index in [-0.39, 0.29) is 48.0 Å². The van der Waals surface area contributed by atoms with Crippen LogP contribution in [0.25, 0.3) is 10.8 Å². The standard InChI is InChI=1S/C38H37FN2O5S/c1-26(2)22-36(30-14-18-32(39)19-15-30)40-38(43)35-23-27(25-46-33-10-4-3-5-11-33)12-13-29(35)17-21-37(42)41-47(44,45)34-20-16-28-8-6-7-9-31(28)24-34/h3-16,18-20,23-24,26,36H,17,21-22,25H2,1-2H3,(H,40,43)(H,41,42). The zero-order valence-electron chi connectivity index (χ0n) is 26.3. The summed E-state index contributed by atoms with van der Waals surface area (Å²) in [6.45, 7) is 4.29. The molecule has 0 saturated carbocycles. The summed E-state index contributed by atoms with van der Waals surface area (Å²) in [6, 6.07) is 32.3. The molecule has 5 aromatic rings. The Hall–Kier alpha value is -5.02. The van der Waals surface area contributed by atoms with Gasteiger partial charge in [-0.05, 0) is 88.7 Å². The van der Waals surface area contributed by atoms with Gasteiger partial charge in [0.1, 0.15) is 18.2 Å². The number of benzene rings is 5. The fourth-order valence-electron chi connectivity index (χ4n) is 5.35. The van der Waals surface area contributed by atoms with Crippen molar-refractivity contribution in [2.75, 3.05) is 0 Å². The maximum absolute atomic E-state index is 13.9. The van der Waals surface area contributed by atoms with Gasteiger partial charge in [-0.25, -0.2) is 17.5 Å². The second-order valence-corrected chi connectivity index (χ2v) is 13.5. The van der Waals surface area contributed by atoms with Gasteiger partial charge in [-0.1, -0.05) is 86.6 Å². The number of carbonyl (C=O) groups excluding carboxylic acids is 2. The van der Waals surface area contributed by atoms with Gasteiger partial charge in [0.2, 0.25) is 5.91 Å². The van der Waals surface area contributed by atoms with Gasteiger partial charge < -0.3 is 10.1 Å². The van der Waals surface area contributed by atoms with Gasteiger partial charge in [0, 0.05) is 12.0 Å². The average Bonchev–Trinajstić information content (AvgIpc) is 3.06. The minimum Gasteiger partial charge on any atom is -0.489 e. The summed E-state index contributed by atoms with van der Waals surface area (Å²) in [7, 11) is -4.11. The van der Waals surface area contributed by atoms with Crippen molar-refractivity contribution >= 4 is 32.6 Å². The highest BCUT2D eigenvalue weighted by molar-refractivity contribution is 7.90. The van der Waals surface area contributed by atoms with Crippen molar-refractivity contribution in [2.45, 2.75) is 50.7 Å². The van der Waals surface area contributed by atoms with Gasteiger partial charge in [-0.3, -0.25) is 9.59 Å². The molecule has 1 atom stereocenters. The second-order valence-electron chi connectivity index (χ2n) is 11.8. The van der Waals surface area contributed by atoms with Crippen LogP contribution in [-0.2, 0) is 27.8 Å². The van der Waals surface area contributed by atoms with E-state index in [0.29, 0.717) is 23.3 Å². The van der Waals surface area contributed by atoms with E-state index in [9.17, 15) is 22.4 Å². The summed E-state index contributed by atoms with van der Waals surface area (Å²) in [5.74, 6) is -0.493. The Morgan fingerprint density at radius 1 is 0.809 bits per heavy atom. The molecular formula is C38H37FN2O5S. The van der Waals surface area contributed by atoms with Gasteiger partial charge in [0.15, 0.2) is 0 Å². The highest BCUT2D eigenvalue weighted by Crippen LogP contribution is 2.25. The number of para-hydroxylation sites is 1. The molecule has 2 amide bonds. The van der Waals surface area contributed by atoms with E-state index >= 15 is 0 Å². The lowest BCUT2D eigenvalue weighted by atomic mass is 9.95. The number of rotatable bonds is 13. The zero-order chi connectivity index (χ0) is 33.4. The zero-order valence-corrected chi connectivity index (χ0v) is 27.1. The van der Waals surface area contributed by atoms with Gasteiger partial charge in [-0.15, -0.1) is 0 Å². The van der Waals surface area contributed by atoms with Crippen LogP contribution in [0.4, 0.5) is 4.39 Å². The maximum atomic E-state index is 13.9. The molecule has 0 fully saturated rings. The highest BCUT2D eigenvalue weighted by Gasteiger charge is 2.22. The van der Waals surface area contributed by atoms with E-state index in [0.717, 1.165) is 21.9 Å². The minimum absolute atomic E-state index is 0.00984. The topological polar surface area (TPSA) is 102 Å². The Kier molecular flexibility index (Phi) is 10.7. The SMILES string of the molecule is CC(C)CC(NC(=O)c1cc(COc2ccccc2)ccc1CCC(=O)NS(=O)(=O)c1ccc2ccccc2c1)c1ccc(F)cc1. The predicted octanol–water partition coefficient (Wildman–Crippen LogP) is 7.51. The first-order valence-electron chi connectivity index (χ1n) is 15.5. The van der Waals surface area contributed by atoms with Crippen molar-refractivity contribution in [3.63, 3.8) is 0 Å². The number of hydrogen-bond donors (Lipinski definition) is 2. The highest BCUT2D eigenvalue weighted by atomic mass is 32.2. The van der Waals surface area contributed by atoms with E-state index in [4.69, 9.17) is 4.74 Å². The number of carbonyl (C=O) groups is 2. The molecule has 0 saturated heterocycles. The van der Waals surface area contributed by atoms with Crippen molar-refractivity contribution in [1.82, 2.24) is 10.0 Å². The van der Waals surface area contributed by atoms with Crippen molar-refractivity contribution < 1.29 is 27.1 Å². The summed E-state index contributed by atoms with van der Waals surface area (Å²) in [5, 5.41) is 4.73. The van der Waals surface area contributed by atoms with E-state index in [1.807, 2.05) is 68.4 Å². The fourth-order valence-corrected chi connectivity index (χ4v) is 6.40. The average molecular weight is 653 g/mol. The van der Waals surface area contributed by atoms with Crippen LogP contribution in [0.2, 0.25) is 0 Å². The second kappa shape index (κ2) is 15.0. The van der Waals surface area contributed by atoms with Crippen molar-refractivity contribution in [3.05, 3.63) is 143 Å². The number of aryl methyl sites for hydroxylation is 1. The molecule has 0 aliphatic heterocycles. The van der Waals surface area contributed by atoms with Gasteiger partial charge in [0.25, 0.3) is 15.9 Å². The van der Waals surface area contributed by atoms with Gasteiger partial charge in [-0.2, -0.15) is 0 Å². The van der Waals surface area contributed by atoms with Gasteiger partial charge in [0.05, 0.1) is 10.9 Å². The molecule has 5 aromatic carbocycles. The van der Waals surface area contributed by atoms with Crippen LogP contribution >= 0.6 is 0 Å². The molecule has 0 radical (unpaired) electrons. The number of amides is 2. The number of fused-ring (bicyclic) bond motifs is 1. The molecule has 47 heavy (non-hydrogen) atoms. The summed E-state index contributed by atoms with van der Waals surface area (Å²) in [6.07, 6.45) is 0.575. The molecule has 0 heterocycles. The number of sulfonamides is 1. The Morgan fingerprint density at radius 2 is 1.51 bits per heavy atom. The molecule has 7 nitrogen and oxygen atoms in total. The van der Waals surface area contributed by atoms with E-state index in [1.165, 1.54) is 24.3 Å². The first kappa shape index (κ1) is 33.3. The van der Waals surface area contributed by atoms with Crippen LogP contribution in [0.5, 0.6) is 5.75 Å². The molecule has 242 valence electrons. The minimum atomic E-state index is -4.11. The number of hydrogen-bond acceptors (Lipinski definition) is 5. The summed E-state index contributed by atoms with van der Waals surface area (Å²) < 4.78 is 47.8. The summed E-state index contributed by atoms with van der Waals surface area (Å²) >= 11 is 0. The number of nitrogens with one attached hydrogen (secondary N) is 2. The quantitative estimate of drug-likeness (QED) is 0.137. The molecule has 0 spiro atoms. The Bertz CT molecular complexity index is 1960. The third kappa shape index (κ3) is 9.04. The van der Waals surface area contributed by atoms with Crippen molar-refractivity contribution in [1.29, 1.82) is 0 Å². The molecule has 0 aromatic heterocycles. The van der Waals surface area contributed by atoms with Crippen LogP contribution < -0.4 is 14.8 Å². The maximum Gasteiger partial charge on any atom is 0.264 e. The lowest BCUT2D eigenvalue weighted by Gasteiger charge is -2.22. The Morgan fingerprint density at radius 3 is 2.23 bits per heavy atom. The van der Waals surface area contributed by atoms with E-state index in [2.05, 4.69) is 10.0 Å². The third-order valence-corrected chi connectivity index (χ3v) is 9.12. The molecule has 0 bridgehead atoms. The molecule has 0 aliphatic rings. The number of ether oxygens (including phenoxy) is 1. The van der Waals surface area contributed by atoms with E-state index in [1.54, 1.807) is 36.4 Å². The summed E-state index contributed by atoms with van der Waals surface area (Å²) in [5.41, 5.74) is 2.44. The number of halogens is 1. The van der Waals surface area contributed by atoms with Crippen molar-refractivity contribution in [3.8, 4) is 5.75 Å². The van der Waals surface area contributed by atoms with Crippen LogP contribution in [-0.4, -0.2) is 20.2 Å². The molecular weight excluding hydrogens is 615 g/mol. The van der Waals surface area contributed by atoms with Crippen LogP contribution in [0.15, 0.2) is 120 Å². The van der Waals surface area contributed by atoms with E-state index < -0.39 is 15.9 Å². The Labute approximate surface area is 274 Å². The lowest BCUT2D eigenvalue weighted by Crippen LogP contribution is -2.32. The summed E-state index contributed by atoms with van der Waals surface area (Å²) in [4.78, 5) is 26.8. The van der Waals surface area contributed by atoms with Crippen LogP contribution in [0, 0.1) is 11.7 Å². The molecule has 1 unspecified atom stereocenters. The molecule has 9 heteroatoms. The monoisotopic (exact) mass is 652 g/mol. The van der Waals surface area contributed by atoms with Crippen LogP contribution in [0.1, 0.15) is 59.8 Å². The normalized spacial score (nSPS) is 12.1.